The second-order valence-electron chi connectivity index (χ2n) is 4.57. The number of piperazine rings is 1. The van der Waals surface area contributed by atoms with Crippen LogP contribution in [0.5, 0.6) is 0 Å². The average Bonchev–Trinajstić information content (AvgIpc) is 2.72. The van der Waals surface area contributed by atoms with Crippen LogP contribution in [0, 0.1) is 0 Å². The largest absolute Gasteiger partial charge is 0.481 e. The first-order valence-corrected chi connectivity index (χ1v) is 5.90. The monoisotopic (exact) mass is 226 g/mol. The van der Waals surface area contributed by atoms with Gasteiger partial charge in [0.2, 0.25) is 5.91 Å². The number of carboxylic acid groups (broad SMARTS) is 1. The van der Waals surface area contributed by atoms with E-state index >= 15 is 0 Å². The molecule has 1 atom stereocenters. The summed E-state index contributed by atoms with van der Waals surface area (Å²) in [5.41, 5.74) is 0. The minimum absolute atomic E-state index is 0.00560. The number of hydrogen-bond acceptors (Lipinski definition) is 3. The van der Waals surface area contributed by atoms with Crippen molar-refractivity contribution in [3.8, 4) is 0 Å². The van der Waals surface area contributed by atoms with Crippen molar-refractivity contribution >= 4 is 11.9 Å². The Labute approximate surface area is 95.0 Å². The molecule has 90 valence electrons. The van der Waals surface area contributed by atoms with Crippen LogP contribution in [0.3, 0.4) is 0 Å². The zero-order valence-electron chi connectivity index (χ0n) is 9.39. The average molecular weight is 226 g/mol. The Bertz CT molecular complexity index is 293. The summed E-state index contributed by atoms with van der Waals surface area (Å²) in [4.78, 5) is 26.4. The number of carbonyl (C=O) groups excluding carboxylic acids is 1. The molecule has 2 rings (SSSR count). The number of rotatable bonds is 3. The Morgan fingerprint density at radius 3 is 2.75 bits per heavy atom. The summed E-state index contributed by atoms with van der Waals surface area (Å²) < 4.78 is 0. The van der Waals surface area contributed by atoms with Gasteiger partial charge >= 0.3 is 5.97 Å². The normalized spacial score (nSPS) is 25.5. The van der Waals surface area contributed by atoms with Gasteiger partial charge in [-0.1, -0.05) is 0 Å². The molecule has 5 heteroatoms. The third-order valence-electron chi connectivity index (χ3n) is 3.49. The van der Waals surface area contributed by atoms with Crippen molar-refractivity contribution in [3.05, 3.63) is 0 Å². The molecule has 2 heterocycles. The highest BCUT2D eigenvalue weighted by molar-refractivity contribution is 5.80. The van der Waals surface area contributed by atoms with E-state index in [2.05, 4.69) is 4.90 Å². The van der Waals surface area contributed by atoms with Crippen molar-refractivity contribution in [3.63, 3.8) is 0 Å². The van der Waals surface area contributed by atoms with Crippen LogP contribution in [0.4, 0.5) is 0 Å². The van der Waals surface area contributed by atoms with E-state index in [1.807, 2.05) is 4.90 Å². The zero-order valence-corrected chi connectivity index (χ0v) is 9.39. The van der Waals surface area contributed by atoms with Gasteiger partial charge in [-0.2, -0.15) is 0 Å². The summed E-state index contributed by atoms with van der Waals surface area (Å²) in [5, 5.41) is 8.53. The molecule has 0 radical (unpaired) electrons. The molecule has 0 saturated carbocycles. The molecule has 0 aromatic rings. The fourth-order valence-electron chi connectivity index (χ4n) is 2.59. The van der Waals surface area contributed by atoms with Gasteiger partial charge in [-0.05, 0) is 19.4 Å². The number of carboxylic acids is 1. The predicted molar refractivity (Wildman–Crippen MR) is 58.0 cm³/mol. The quantitative estimate of drug-likeness (QED) is 0.744. The summed E-state index contributed by atoms with van der Waals surface area (Å²) >= 11 is 0. The number of nitrogens with zero attached hydrogens (tertiary/aromatic N) is 2. The van der Waals surface area contributed by atoms with Crippen LogP contribution in [-0.4, -0.2) is 59.0 Å². The Kier molecular flexibility index (Phi) is 3.43. The van der Waals surface area contributed by atoms with E-state index in [9.17, 15) is 9.59 Å². The maximum absolute atomic E-state index is 11.7. The zero-order chi connectivity index (χ0) is 11.5. The van der Waals surface area contributed by atoms with E-state index in [-0.39, 0.29) is 18.7 Å². The fraction of sp³-hybridized carbons (Fsp3) is 0.818. The summed E-state index contributed by atoms with van der Waals surface area (Å²) in [7, 11) is 0. The summed E-state index contributed by atoms with van der Waals surface area (Å²) in [6, 6.07) is 0.516. The van der Waals surface area contributed by atoms with Gasteiger partial charge < -0.3 is 10.0 Å². The number of fused-ring (bicyclic) bond motifs is 1. The summed E-state index contributed by atoms with van der Waals surface area (Å²) in [5.74, 6) is -0.901. The van der Waals surface area contributed by atoms with E-state index in [0.29, 0.717) is 6.04 Å². The first-order chi connectivity index (χ1) is 7.66. The number of carbonyl (C=O) groups is 2. The van der Waals surface area contributed by atoms with Crippen LogP contribution in [0.2, 0.25) is 0 Å². The molecular formula is C11H18N2O3. The molecule has 1 N–H and O–H groups in total. The molecular weight excluding hydrogens is 208 g/mol. The van der Waals surface area contributed by atoms with E-state index in [1.165, 1.54) is 12.8 Å². The lowest BCUT2D eigenvalue weighted by atomic mass is 10.1. The van der Waals surface area contributed by atoms with E-state index in [0.717, 1.165) is 26.2 Å². The van der Waals surface area contributed by atoms with Gasteiger partial charge in [0.25, 0.3) is 0 Å². The topological polar surface area (TPSA) is 60.9 Å². The van der Waals surface area contributed by atoms with Crippen LogP contribution in [0.1, 0.15) is 25.7 Å². The molecule has 0 aliphatic carbocycles. The number of hydrogen-bond donors (Lipinski definition) is 1. The van der Waals surface area contributed by atoms with E-state index in [4.69, 9.17) is 5.11 Å². The second-order valence-corrected chi connectivity index (χ2v) is 4.57. The van der Waals surface area contributed by atoms with Gasteiger partial charge in [-0.25, -0.2) is 0 Å². The molecule has 5 nitrogen and oxygen atoms in total. The van der Waals surface area contributed by atoms with Crippen molar-refractivity contribution < 1.29 is 14.7 Å². The highest BCUT2D eigenvalue weighted by atomic mass is 16.4. The van der Waals surface area contributed by atoms with Gasteiger partial charge in [0.15, 0.2) is 0 Å². The van der Waals surface area contributed by atoms with Crippen LogP contribution in [0.25, 0.3) is 0 Å². The van der Waals surface area contributed by atoms with Crippen molar-refractivity contribution in [2.45, 2.75) is 31.7 Å². The minimum Gasteiger partial charge on any atom is -0.481 e. The highest BCUT2D eigenvalue weighted by Gasteiger charge is 2.32. The van der Waals surface area contributed by atoms with E-state index in [1.54, 1.807) is 0 Å². The summed E-state index contributed by atoms with van der Waals surface area (Å²) in [6.45, 7) is 3.65. The molecule has 2 fully saturated rings. The lowest BCUT2D eigenvalue weighted by molar-refractivity contribution is -0.141. The van der Waals surface area contributed by atoms with Gasteiger partial charge in [0.05, 0.1) is 6.42 Å². The third kappa shape index (κ3) is 2.52. The van der Waals surface area contributed by atoms with Gasteiger partial charge in [-0.3, -0.25) is 14.5 Å². The minimum atomic E-state index is -0.896. The van der Waals surface area contributed by atoms with Crippen molar-refractivity contribution in [1.82, 2.24) is 9.80 Å². The summed E-state index contributed by atoms with van der Waals surface area (Å²) in [6.07, 6.45) is 2.48. The molecule has 2 aliphatic rings. The van der Waals surface area contributed by atoms with Crippen LogP contribution in [0.15, 0.2) is 0 Å². The Morgan fingerprint density at radius 1 is 1.19 bits per heavy atom. The number of aliphatic carboxylic acids is 1. The van der Waals surface area contributed by atoms with Crippen molar-refractivity contribution in [2.75, 3.05) is 26.2 Å². The molecule has 2 saturated heterocycles. The first kappa shape index (κ1) is 11.4. The molecule has 0 spiro atoms. The van der Waals surface area contributed by atoms with Gasteiger partial charge in [-0.15, -0.1) is 0 Å². The molecule has 0 aromatic heterocycles. The molecule has 16 heavy (non-hydrogen) atoms. The molecule has 2 aliphatic heterocycles. The smallest absolute Gasteiger partial charge is 0.303 e. The second kappa shape index (κ2) is 4.82. The molecule has 0 bridgehead atoms. The van der Waals surface area contributed by atoms with Gasteiger partial charge in [0.1, 0.15) is 0 Å². The fourth-order valence-corrected chi connectivity index (χ4v) is 2.59. The Morgan fingerprint density at radius 2 is 2.00 bits per heavy atom. The molecule has 1 unspecified atom stereocenters. The maximum Gasteiger partial charge on any atom is 0.303 e. The van der Waals surface area contributed by atoms with Crippen LogP contribution in [-0.2, 0) is 9.59 Å². The standard InChI is InChI=1S/C11H18N2O3/c14-10(3-4-11(15)16)13-7-6-12-5-1-2-9(12)8-13/h9H,1-8H2,(H,15,16). The molecule has 1 amide bonds. The Hall–Kier alpha value is -1.10. The molecule has 0 aromatic carbocycles. The van der Waals surface area contributed by atoms with Crippen molar-refractivity contribution in [2.24, 2.45) is 0 Å². The maximum atomic E-state index is 11.7. The lowest BCUT2D eigenvalue weighted by Gasteiger charge is -2.37. The Balaban J connectivity index is 1.81. The van der Waals surface area contributed by atoms with Crippen LogP contribution < -0.4 is 0 Å². The lowest BCUT2D eigenvalue weighted by Crippen LogP contribution is -2.52. The van der Waals surface area contributed by atoms with Crippen molar-refractivity contribution in [1.29, 1.82) is 0 Å². The predicted octanol–water partition coefficient (Wildman–Crippen LogP) is 0.158. The first-order valence-electron chi connectivity index (χ1n) is 5.90. The van der Waals surface area contributed by atoms with Gasteiger partial charge in [0, 0.05) is 32.1 Å². The van der Waals surface area contributed by atoms with E-state index < -0.39 is 5.97 Å². The highest BCUT2D eigenvalue weighted by Crippen LogP contribution is 2.21. The third-order valence-corrected chi connectivity index (χ3v) is 3.49. The van der Waals surface area contributed by atoms with Crippen LogP contribution >= 0.6 is 0 Å². The number of amides is 1. The SMILES string of the molecule is O=C(O)CCC(=O)N1CCN2CCCC2C1.